The number of hydrogen-bond donors (Lipinski definition) is 1. The Labute approximate surface area is 116 Å². The van der Waals surface area contributed by atoms with Crippen molar-refractivity contribution in [3.63, 3.8) is 0 Å². The van der Waals surface area contributed by atoms with Crippen LogP contribution in [0.15, 0.2) is 30.3 Å². The summed E-state index contributed by atoms with van der Waals surface area (Å²) in [4.78, 5) is 20.6. The number of anilines is 1. The lowest BCUT2D eigenvalue weighted by molar-refractivity contribution is -0.385. The minimum atomic E-state index is -0.723. The zero-order valence-electron chi connectivity index (χ0n) is 9.91. The van der Waals surface area contributed by atoms with Crippen LogP contribution < -0.4 is 5.32 Å². The molecule has 20 heavy (non-hydrogen) atoms. The second kappa shape index (κ2) is 5.61. The summed E-state index contributed by atoms with van der Waals surface area (Å²) in [6, 6.07) is 6.08. The third-order valence-electron chi connectivity index (χ3n) is 2.39. The van der Waals surface area contributed by atoms with Crippen molar-refractivity contribution in [3.05, 3.63) is 61.3 Å². The Hall–Kier alpha value is -2.55. The van der Waals surface area contributed by atoms with Crippen molar-refractivity contribution >= 4 is 27.7 Å². The normalized spacial score (nSPS) is 10.2. The average molecular weight is 297 g/mol. The Morgan fingerprint density at radius 2 is 1.90 bits per heavy atom. The van der Waals surface area contributed by atoms with E-state index < -0.39 is 15.7 Å². The van der Waals surface area contributed by atoms with Crippen molar-refractivity contribution in [1.29, 1.82) is 0 Å². The van der Waals surface area contributed by atoms with E-state index in [4.69, 9.17) is 0 Å². The van der Waals surface area contributed by atoms with Crippen molar-refractivity contribution in [3.8, 4) is 0 Å². The molecule has 2 aromatic rings. The third-order valence-corrected chi connectivity index (χ3v) is 3.42. The standard InChI is InChI=1S/C11H8FN3O4S/c12-7-3-8(5-9(4-7)14(16)17)13-6-10-1-2-11(20-10)15(18)19/h1-5,13H,6H2. The van der Waals surface area contributed by atoms with Crippen LogP contribution in [0.5, 0.6) is 0 Å². The first-order chi connectivity index (χ1) is 9.45. The number of rotatable bonds is 5. The van der Waals surface area contributed by atoms with E-state index in [1.54, 1.807) is 6.07 Å². The van der Waals surface area contributed by atoms with Crippen molar-refractivity contribution in [2.24, 2.45) is 0 Å². The molecule has 1 heterocycles. The molecule has 0 saturated heterocycles. The molecule has 0 spiro atoms. The Morgan fingerprint density at radius 1 is 1.15 bits per heavy atom. The maximum atomic E-state index is 13.2. The smallest absolute Gasteiger partial charge is 0.324 e. The molecule has 1 aromatic heterocycles. The molecular formula is C11H8FN3O4S. The number of nitro groups is 2. The van der Waals surface area contributed by atoms with Crippen molar-refractivity contribution < 1.29 is 14.2 Å². The van der Waals surface area contributed by atoms with Crippen molar-refractivity contribution in [1.82, 2.24) is 0 Å². The van der Waals surface area contributed by atoms with Crippen LogP contribution in [0.4, 0.5) is 20.8 Å². The lowest BCUT2D eigenvalue weighted by Gasteiger charge is -2.04. The summed E-state index contributed by atoms with van der Waals surface area (Å²) >= 11 is 0.986. The van der Waals surface area contributed by atoms with Crippen LogP contribution in [-0.2, 0) is 6.54 Å². The Balaban J connectivity index is 2.10. The molecular weight excluding hydrogens is 289 g/mol. The van der Waals surface area contributed by atoms with Gasteiger partial charge in [-0.05, 0) is 12.1 Å². The first-order valence-electron chi connectivity index (χ1n) is 5.37. The second-order valence-corrected chi connectivity index (χ2v) is 4.95. The Bertz CT molecular complexity index is 673. The highest BCUT2D eigenvalue weighted by Gasteiger charge is 2.12. The van der Waals surface area contributed by atoms with Gasteiger partial charge in [-0.3, -0.25) is 20.2 Å². The van der Waals surface area contributed by atoms with Gasteiger partial charge in [0.1, 0.15) is 5.82 Å². The summed E-state index contributed by atoms with van der Waals surface area (Å²) in [5, 5.41) is 23.9. The van der Waals surface area contributed by atoms with E-state index in [0.29, 0.717) is 4.88 Å². The molecule has 104 valence electrons. The molecule has 1 N–H and O–H groups in total. The molecule has 9 heteroatoms. The fraction of sp³-hybridized carbons (Fsp3) is 0.0909. The highest BCUT2D eigenvalue weighted by molar-refractivity contribution is 7.15. The molecule has 0 atom stereocenters. The maximum Gasteiger partial charge on any atom is 0.324 e. The van der Waals surface area contributed by atoms with Gasteiger partial charge in [0.05, 0.1) is 15.9 Å². The average Bonchev–Trinajstić information content (AvgIpc) is 2.84. The molecule has 0 bridgehead atoms. The molecule has 7 nitrogen and oxygen atoms in total. The number of nitro benzene ring substituents is 1. The highest BCUT2D eigenvalue weighted by Crippen LogP contribution is 2.25. The quantitative estimate of drug-likeness (QED) is 0.674. The summed E-state index contributed by atoms with van der Waals surface area (Å²) in [7, 11) is 0. The third kappa shape index (κ3) is 3.26. The molecule has 0 unspecified atom stereocenters. The van der Waals surface area contributed by atoms with E-state index in [1.807, 2.05) is 0 Å². The lowest BCUT2D eigenvalue weighted by atomic mass is 10.2. The van der Waals surface area contributed by atoms with Gasteiger partial charge in [0, 0.05) is 29.2 Å². The fourth-order valence-electron chi connectivity index (χ4n) is 1.53. The van der Waals surface area contributed by atoms with Crippen LogP contribution in [0.1, 0.15) is 4.88 Å². The summed E-state index contributed by atoms with van der Waals surface area (Å²) < 4.78 is 13.2. The first kappa shape index (κ1) is 13.9. The van der Waals surface area contributed by atoms with Gasteiger partial charge in [-0.25, -0.2) is 4.39 Å². The number of thiophene rings is 1. The van der Waals surface area contributed by atoms with E-state index >= 15 is 0 Å². The van der Waals surface area contributed by atoms with E-state index in [0.717, 1.165) is 23.5 Å². The van der Waals surface area contributed by atoms with Crippen LogP contribution in [0, 0.1) is 26.0 Å². The van der Waals surface area contributed by atoms with Crippen LogP contribution in [0.25, 0.3) is 0 Å². The van der Waals surface area contributed by atoms with Gasteiger partial charge >= 0.3 is 5.00 Å². The number of nitrogens with zero attached hydrogens (tertiary/aromatic N) is 2. The van der Waals surface area contributed by atoms with Gasteiger partial charge < -0.3 is 5.32 Å². The largest absolute Gasteiger partial charge is 0.380 e. The molecule has 0 aliphatic carbocycles. The van der Waals surface area contributed by atoms with Gasteiger partial charge in [-0.1, -0.05) is 11.3 Å². The number of hydrogen-bond acceptors (Lipinski definition) is 6. The molecule has 0 saturated carbocycles. The highest BCUT2D eigenvalue weighted by atomic mass is 32.1. The Kier molecular flexibility index (Phi) is 3.89. The monoisotopic (exact) mass is 297 g/mol. The van der Waals surface area contributed by atoms with Crippen molar-refractivity contribution in [2.45, 2.75) is 6.54 Å². The van der Waals surface area contributed by atoms with Crippen LogP contribution in [0.3, 0.4) is 0 Å². The summed E-state index contributed by atoms with van der Waals surface area (Å²) in [5.74, 6) is -0.723. The zero-order valence-corrected chi connectivity index (χ0v) is 10.7. The number of nitrogens with one attached hydrogen (secondary N) is 1. The van der Waals surface area contributed by atoms with Gasteiger partial charge in [0.2, 0.25) is 0 Å². The Morgan fingerprint density at radius 3 is 2.50 bits per heavy atom. The molecule has 2 rings (SSSR count). The summed E-state index contributed by atoms with van der Waals surface area (Å²) in [5.41, 5.74) is -0.114. The molecule has 1 aromatic carbocycles. The molecule has 0 aliphatic heterocycles. The van der Waals surface area contributed by atoms with E-state index in [-0.39, 0.29) is 22.9 Å². The maximum absolute atomic E-state index is 13.2. The minimum Gasteiger partial charge on any atom is -0.380 e. The minimum absolute atomic E-state index is 0.00650. The van der Waals surface area contributed by atoms with Crippen molar-refractivity contribution in [2.75, 3.05) is 5.32 Å². The van der Waals surface area contributed by atoms with Crippen LogP contribution in [-0.4, -0.2) is 9.85 Å². The van der Waals surface area contributed by atoms with E-state index in [1.165, 1.54) is 12.1 Å². The first-order valence-corrected chi connectivity index (χ1v) is 6.19. The van der Waals surface area contributed by atoms with Crippen LogP contribution in [0.2, 0.25) is 0 Å². The van der Waals surface area contributed by atoms with Gasteiger partial charge in [-0.2, -0.15) is 0 Å². The molecule has 0 radical (unpaired) electrons. The van der Waals surface area contributed by atoms with E-state index in [9.17, 15) is 24.6 Å². The molecule has 0 fully saturated rings. The summed E-state index contributed by atoms with van der Waals surface area (Å²) in [6.07, 6.45) is 0. The second-order valence-electron chi connectivity index (χ2n) is 3.81. The lowest BCUT2D eigenvalue weighted by Crippen LogP contribution is -1.99. The number of halogens is 1. The van der Waals surface area contributed by atoms with Crippen LogP contribution >= 0.6 is 11.3 Å². The SMILES string of the molecule is O=[N+]([O-])c1cc(F)cc(NCc2ccc([N+](=O)[O-])s2)c1. The summed E-state index contributed by atoms with van der Waals surface area (Å²) in [6.45, 7) is 0.221. The van der Waals surface area contributed by atoms with Gasteiger partial charge in [0.25, 0.3) is 5.69 Å². The zero-order chi connectivity index (χ0) is 14.7. The fourth-order valence-corrected chi connectivity index (χ4v) is 2.29. The van der Waals surface area contributed by atoms with Gasteiger partial charge in [-0.15, -0.1) is 0 Å². The van der Waals surface area contributed by atoms with E-state index in [2.05, 4.69) is 5.32 Å². The number of non-ortho nitro benzene ring substituents is 1. The van der Waals surface area contributed by atoms with Gasteiger partial charge in [0.15, 0.2) is 0 Å². The predicted octanol–water partition coefficient (Wildman–Crippen LogP) is 3.32. The number of benzene rings is 1. The topological polar surface area (TPSA) is 98.3 Å². The predicted molar refractivity (Wildman–Crippen MR) is 71.4 cm³/mol. The molecule has 0 aliphatic rings. The molecule has 0 amide bonds.